The van der Waals surface area contributed by atoms with Crippen molar-refractivity contribution in [1.29, 1.82) is 0 Å². The standard InChI is InChI=1S/C26H27F4N3O7/c1-4-12(2)14-7-5-6-8-17(14)32-26(39)25(38)31-13(3)24(37)33-18(10-20(35)36)19(34)11-40-23-21(29)15(27)9-16(28)22(23)30/h5-9,12-13,18H,4,10-11H2,1-3H3,(H,31,38)(H,32,39)(H,33,37)(H,35,36). The molecule has 0 aliphatic carbocycles. The summed E-state index contributed by atoms with van der Waals surface area (Å²) in [6.45, 7) is 3.75. The third-order valence-electron chi connectivity index (χ3n) is 5.81. The van der Waals surface area contributed by atoms with Crippen molar-refractivity contribution in [3.63, 3.8) is 0 Å². The van der Waals surface area contributed by atoms with Gasteiger partial charge in [0.05, 0.1) is 6.42 Å². The van der Waals surface area contributed by atoms with Gasteiger partial charge in [0, 0.05) is 11.8 Å². The highest BCUT2D eigenvalue weighted by atomic mass is 19.2. The number of Topliss-reactive ketones (excluding diaryl/α,β-unsaturated/α-hetero) is 1. The molecule has 0 aliphatic heterocycles. The summed E-state index contributed by atoms with van der Waals surface area (Å²) in [4.78, 5) is 61.0. The minimum Gasteiger partial charge on any atom is -0.481 e. The van der Waals surface area contributed by atoms with Gasteiger partial charge in [-0.2, -0.15) is 8.78 Å². The van der Waals surface area contributed by atoms with E-state index in [-0.39, 0.29) is 12.0 Å². The molecule has 10 nitrogen and oxygen atoms in total. The first-order valence-electron chi connectivity index (χ1n) is 12.0. The highest BCUT2D eigenvalue weighted by Gasteiger charge is 2.29. The van der Waals surface area contributed by atoms with Crippen LogP contribution in [-0.2, 0) is 24.0 Å². The maximum absolute atomic E-state index is 13.8. The van der Waals surface area contributed by atoms with E-state index in [4.69, 9.17) is 5.11 Å². The van der Waals surface area contributed by atoms with Crippen LogP contribution >= 0.6 is 0 Å². The van der Waals surface area contributed by atoms with Gasteiger partial charge in [-0.3, -0.25) is 24.0 Å². The zero-order valence-electron chi connectivity index (χ0n) is 21.6. The second kappa shape index (κ2) is 14.1. The molecular formula is C26H27F4N3O7. The third-order valence-corrected chi connectivity index (χ3v) is 5.81. The molecule has 3 amide bonds. The maximum Gasteiger partial charge on any atom is 0.313 e. The molecule has 0 radical (unpaired) electrons. The fourth-order valence-corrected chi connectivity index (χ4v) is 3.41. The van der Waals surface area contributed by atoms with Gasteiger partial charge >= 0.3 is 17.8 Å². The molecule has 0 heterocycles. The number of amides is 3. The molecule has 0 saturated heterocycles. The summed E-state index contributed by atoms with van der Waals surface area (Å²) >= 11 is 0. The van der Waals surface area contributed by atoms with E-state index in [1.54, 1.807) is 24.3 Å². The van der Waals surface area contributed by atoms with Gasteiger partial charge in [-0.15, -0.1) is 0 Å². The lowest BCUT2D eigenvalue weighted by Crippen LogP contribution is -2.53. The molecule has 216 valence electrons. The van der Waals surface area contributed by atoms with Crippen molar-refractivity contribution in [2.75, 3.05) is 11.9 Å². The molecular weight excluding hydrogens is 542 g/mol. The second-order valence-electron chi connectivity index (χ2n) is 8.76. The lowest BCUT2D eigenvalue weighted by molar-refractivity contribution is -0.141. The number of benzene rings is 2. The predicted octanol–water partition coefficient (Wildman–Crippen LogP) is 2.81. The van der Waals surface area contributed by atoms with Gasteiger partial charge in [0.1, 0.15) is 18.7 Å². The quantitative estimate of drug-likeness (QED) is 0.174. The van der Waals surface area contributed by atoms with Crippen molar-refractivity contribution in [3.05, 3.63) is 59.2 Å². The number of rotatable bonds is 12. The number of carboxylic acids is 1. The van der Waals surface area contributed by atoms with E-state index in [9.17, 15) is 41.5 Å². The SMILES string of the molecule is CCC(C)c1ccccc1NC(=O)C(=O)NC(C)C(=O)NC(CC(=O)O)C(=O)COc1c(F)c(F)cc(F)c1F. The van der Waals surface area contributed by atoms with Crippen molar-refractivity contribution in [2.24, 2.45) is 0 Å². The van der Waals surface area contributed by atoms with Crippen LogP contribution < -0.4 is 20.7 Å². The van der Waals surface area contributed by atoms with Gasteiger partial charge in [-0.05, 0) is 30.9 Å². The summed E-state index contributed by atoms with van der Waals surface area (Å²) in [7, 11) is 0. The summed E-state index contributed by atoms with van der Waals surface area (Å²) in [6.07, 6.45) is -0.246. The largest absolute Gasteiger partial charge is 0.481 e. The molecule has 3 unspecified atom stereocenters. The monoisotopic (exact) mass is 569 g/mol. The number of ketones is 1. The van der Waals surface area contributed by atoms with Gasteiger partial charge < -0.3 is 25.8 Å². The normalized spacial score (nSPS) is 13.0. The number of ether oxygens (including phenoxy) is 1. The Morgan fingerprint density at radius 3 is 2.10 bits per heavy atom. The van der Waals surface area contributed by atoms with Crippen molar-refractivity contribution in [1.82, 2.24) is 10.6 Å². The van der Waals surface area contributed by atoms with Crippen LogP contribution in [0.3, 0.4) is 0 Å². The number of aliphatic carboxylic acids is 1. The van der Waals surface area contributed by atoms with E-state index in [0.717, 1.165) is 18.9 Å². The van der Waals surface area contributed by atoms with Crippen LogP contribution in [0.2, 0.25) is 0 Å². The molecule has 0 bridgehead atoms. The number of carbonyl (C=O) groups is 5. The molecule has 14 heteroatoms. The van der Waals surface area contributed by atoms with E-state index < -0.39 is 83.6 Å². The average molecular weight is 570 g/mol. The number of anilines is 1. The molecule has 40 heavy (non-hydrogen) atoms. The number of carbonyl (C=O) groups excluding carboxylic acids is 4. The number of nitrogens with one attached hydrogen (secondary N) is 3. The Morgan fingerprint density at radius 2 is 1.52 bits per heavy atom. The van der Waals surface area contributed by atoms with Gasteiger partial charge in [0.15, 0.2) is 23.2 Å². The topological polar surface area (TPSA) is 151 Å². The van der Waals surface area contributed by atoms with Gasteiger partial charge in [0.2, 0.25) is 17.5 Å². The van der Waals surface area contributed by atoms with Crippen LogP contribution in [-0.4, -0.2) is 53.3 Å². The van der Waals surface area contributed by atoms with Crippen molar-refractivity contribution in [2.45, 2.75) is 51.6 Å². The smallest absolute Gasteiger partial charge is 0.313 e. The van der Waals surface area contributed by atoms with Gasteiger partial charge in [-0.25, -0.2) is 8.78 Å². The first-order chi connectivity index (χ1) is 18.8. The first kappa shape index (κ1) is 31.7. The minimum absolute atomic E-state index is 0.0740. The molecule has 0 aromatic heterocycles. The van der Waals surface area contributed by atoms with Crippen molar-refractivity contribution < 1.29 is 51.4 Å². The molecule has 0 fully saturated rings. The first-order valence-corrected chi connectivity index (χ1v) is 12.0. The van der Waals surface area contributed by atoms with E-state index in [2.05, 4.69) is 15.4 Å². The number of hydrogen-bond donors (Lipinski definition) is 4. The summed E-state index contributed by atoms with van der Waals surface area (Å²) in [6, 6.07) is 3.47. The van der Waals surface area contributed by atoms with E-state index in [0.29, 0.717) is 5.69 Å². The van der Waals surface area contributed by atoms with Crippen LogP contribution in [0.25, 0.3) is 0 Å². The molecule has 3 atom stereocenters. The molecule has 0 aliphatic rings. The minimum atomic E-state index is -1.92. The van der Waals surface area contributed by atoms with Crippen LogP contribution in [0.1, 0.15) is 45.1 Å². The highest BCUT2D eigenvalue weighted by molar-refractivity contribution is 6.40. The van der Waals surface area contributed by atoms with E-state index in [1.165, 1.54) is 0 Å². The molecule has 0 spiro atoms. The Balaban J connectivity index is 2.04. The van der Waals surface area contributed by atoms with Gasteiger partial charge in [-0.1, -0.05) is 32.0 Å². The Labute approximate surface area is 226 Å². The lowest BCUT2D eigenvalue weighted by Gasteiger charge is -2.20. The Kier molecular flexibility index (Phi) is 11.1. The number of halogens is 4. The molecule has 4 N–H and O–H groups in total. The molecule has 2 aromatic rings. The second-order valence-corrected chi connectivity index (χ2v) is 8.76. The number of carboxylic acid groups (broad SMARTS) is 1. The molecule has 2 aromatic carbocycles. The zero-order valence-corrected chi connectivity index (χ0v) is 21.6. The number of para-hydroxylation sites is 1. The zero-order chi connectivity index (χ0) is 30.1. The Morgan fingerprint density at radius 1 is 0.925 bits per heavy atom. The summed E-state index contributed by atoms with van der Waals surface area (Å²) < 4.78 is 58.8. The van der Waals surface area contributed by atoms with Crippen LogP contribution in [0, 0.1) is 23.3 Å². The molecule has 2 rings (SSSR count). The maximum atomic E-state index is 13.8. The van der Waals surface area contributed by atoms with Crippen molar-refractivity contribution in [3.8, 4) is 5.75 Å². The average Bonchev–Trinajstić information content (AvgIpc) is 2.90. The third kappa shape index (κ3) is 8.25. The fourth-order valence-electron chi connectivity index (χ4n) is 3.41. The summed E-state index contributed by atoms with van der Waals surface area (Å²) in [5.74, 6) is -15.1. The highest BCUT2D eigenvalue weighted by Crippen LogP contribution is 2.27. The Bertz CT molecular complexity index is 1280. The lowest BCUT2D eigenvalue weighted by atomic mass is 9.97. The van der Waals surface area contributed by atoms with E-state index >= 15 is 0 Å². The van der Waals surface area contributed by atoms with E-state index in [1.807, 2.05) is 19.2 Å². The van der Waals surface area contributed by atoms with Gasteiger partial charge in [0.25, 0.3) is 0 Å². The molecule has 0 saturated carbocycles. The number of hydrogen-bond acceptors (Lipinski definition) is 6. The summed E-state index contributed by atoms with van der Waals surface area (Å²) in [5.41, 5.74) is 1.18. The fraction of sp³-hybridized carbons (Fsp3) is 0.346. The van der Waals surface area contributed by atoms with Crippen LogP contribution in [0.15, 0.2) is 30.3 Å². The summed E-state index contributed by atoms with van der Waals surface area (Å²) in [5, 5.41) is 15.7. The predicted molar refractivity (Wildman–Crippen MR) is 132 cm³/mol. The Hall–Kier alpha value is -4.49. The van der Waals surface area contributed by atoms with Crippen LogP contribution in [0.5, 0.6) is 5.75 Å². The van der Waals surface area contributed by atoms with Crippen LogP contribution in [0.4, 0.5) is 23.2 Å². The van der Waals surface area contributed by atoms with Crippen molar-refractivity contribution >= 4 is 35.2 Å².